The fraction of sp³-hybridized carbons (Fsp3) is 0.833. The lowest BCUT2D eigenvalue weighted by molar-refractivity contribution is 0.448. The van der Waals surface area contributed by atoms with E-state index in [2.05, 4.69) is 18.3 Å². The first kappa shape index (κ1) is 8.69. The molecule has 0 amide bonds. The van der Waals surface area contributed by atoms with Crippen molar-refractivity contribution in [2.45, 2.75) is 32.2 Å². The van der Waals surface area contributed by atoms with Crippen molar-refractivity contribution >= 4 is 16.2 Å². The Morgan fingerprint density at radius 2 is 2.11 bits per heavy atom. The Bertz CT molecular complexity index is 71.5. The molecule has 0 heterocycles. The Morgan fingerprint density at radius 1 is 1.56 bits per heavy atom. The molecule has 0 aliphatic heterocycles. The fourth-order valence-corrected chi connectivity index (χ4v) is 1.45. The van der Waals surface area contributed by atoms with Crippen molar-refractivity contribution in [1.82, 2.24) is 0 Å². The largest absolute Gasteiger partial charge is 0.516 e. The Hall–Kier alpha value is -0.313. The maximum atomic E-state index is 9.63. The lowest BCUT2D eigenvalue weighted by atomic mass is 10.3. The second-order valence-corrected chi connectivity index (χ2v) is 3.85. The Labute approximate surface area is 58.5 Å². The van der Waals surface area contributed by atoms with Crippen LogP contribution in [0.1, 0.15) is 26.7 Å². The zero-order chi connectivity index (χ0) is 7.11. The van der Waals surface area contributed by atoms with Gasteiger partial charge in [0.05, 0.1) is 0 Å². The van der Waals surface area contributed by atoms with Gasteiger partial charge in [-0.3, -0.25) is 0 Å². The molecule has 0 aromatic carbocycles. The van der Waals surface area contributed by atoms with Crippen LogP contribution >= 0.6 is 0 Å². The van der Waals surface area contributed by atoms with Gasteiger partial charge in [-0.25, -0.2) is 4.79 Å². The molecule has 2 nitrogen and oxygen atoms in total. The van der Waals surface area contributed by atoms with Gasteiger partial charge in [-0.05, 0) is 5.54 Å². The molecule has 0 saturated heterocycles. The average Bonchev–Trinajstić information content (AvgIpc) is 1.91. The summed E-state index contributed by atoms with van der Waals surface area (Å²) in [6, 6.07) is 0. The van der Waals surface area contributed by atoms with Gasteiger partial charge >= 0.3 is 6.47 Å². The summed E-state index contributed by atoms with van der Waals surface area (Å²) in [4.78, 5) is 9.63. The molecule has 0 aromatic rings. The maximum absolute atomic E-state index is 9.63. The minimum Gasteiger partial charge on any atom is -0.516 e. The zero-order valence-corrected chi connectivity index (χ0v) is 7.43. The van der Waals surface area contributed by atoms with E-state index >= 15 is 0 Å². The molecule has 0 aliphatic carbocycles. The van der Waals surface area contributed by atoms with E-state index in [-0.39, 0.29) is 0 Å². The highest BCUT2D eigenvalue weighted by Gasteiger charge is 2.03. The van der Waals surface area contributed by atoms with E-state index in [1.165, 1.54) is 6.47 Å². The highest BCUT2D eigenvalue weighted by Crippen LogP contribution is 2.11. The van der Waals surface area contributed by atoms with E-state index in [0.29, 0.717) is 5.54 Å². The monoisotopic (exact) mass is 145 g/mol. The molecule has 53 valence electrons. The predicted octanol–water partition coefficient (Wildman–Crippen LogP) is 0.762. The maximum Gasteiger partial charge on any atom is 0.402 e. The first-order chi connectivity index (χ1) is 4.35. The summed E-state index contributed by atoms with van der Waals surface area (Å²) in [6.07, 6.45) is 2.26. The summed E-state index contributed by atoms with van der Waals surface area (Å²) < 4.78 is 4.61. The van der Waals surface area contributed by atoms with Gasteiger partial charge in [-0.15, -0.1) is 0 Å². The Balaban J connectivity index is 3.19. The van der Waals surface area contributed by atoms with Crippen LogP contribution in [0.3, 0.4) is 0 Å². The quantitative estimate of drug-likeness (QED) is 0.534. The van der Waals surface area contributed by atoms with Crippen molar-refractivity contribution in [3.63, 3.8) is 0 Å². The molecule has 0 aliphatic rings. The molecule has 3 heteroatoms. The van der Waals surface area contributed by atoms with Gasteiger partial charge in [0, 0.05) is 0 Å². The third kappa shape index (κ3) is 4.21. The molecule has 0 N–H and O–H groups in total. The lowest BCUT2D eigenvalue weighted by Gasteiger charge is -2.06. The highest BCUT2D eigenvalue weighted by molar-refractivity contribution is 6.31. The topological polar surface area (TPSA) is 26.3 Å². The second kappa shape index (κ2) is 5.82. The van der Waals surface area contributed by atoms with Crippen LogP contribution in [0, 0.1) is 0 Å². The van der Waals surface area contributed by atoms with E-state index in [1.54, 1.807) is 0 Å². The normalized spacial score (nSPS) is 11.0. The lowest BCUT2D eigenvalue weighted by Crippen LogP contribution is -2.04. The van der Waals surface area contributed by atoms with Crippen LogP contribution in [0.2, 0.25) is 5.54 Å². The highest BCUT2D eigenvalue weighted by atomic mass is 28.2. The van der Waals surface area contributed by atoms with Gasteiger partial charge in [0.1, 0.15) is 0 Å². The van der Waals surface area contributed by atoms with Crippen LogP contribution in [0.4, 0.5) is 0 Å². The molecule has 0 bridgehead atoms. The average molecular weight is 145 g/mol. The van der Waals surface area contributed by atoms with Crippen molar-refractivity contribution in [3.05, 3.63) is 0 Å². The van der Waals surface area contributed by atoms with Crippen LogP contribution in [-0.4, -0.2) is 16.2 Å². The minimum atomic E-state index is -0.598. The number of rotatable bonds is 5. The zero-order valence-electron chi connectivity index (χ0n) is 6.02. The van der Waals surface area contributed by atoms with Crippen LogP contribution < -0.4 is 0 Å². The molecule has 0 fully saturated rings. The molecule has 0 spiro atoms. The summed E-state index contributed by atoms with van der Waals surface area (Å²) in [6.45, 7) is 5.72. The van der Waals surface area contributed by atoms with Crippen LogP contribution in [0.15, 0.2) is 0 Å². The Morgan fingerprint density at radius 3 is 2.44 bits per heavy atom. The molecular formula is C6H13O2Si. The van der Waals surface area contributed by atoms with Gasteiger partial charge in [0.2, 0.25) is 9.76 Å². The number of hydrogen-bond acceptors (Lipinski definition) is 2. The summed E-state index contributed by atoms with van der Waals surface area (Å²) >= 11 is 0. The van der Waals surface area contributed by atoms with Crippen molar-refractivity contribution < 1.29 is 9.22 Å². The molecular weight excluding hydrogens is 132 g/mol. The molecule has 1 radical (unpaired) electrons. The van der Waals surface area contributed by atoms with E-state index in [1.807, 2.05) is 0 Å². The summed E-state index contributed by atoms with van der Waals surface area (Å²) in [5.74, 6) is 0. The van der Waals surface area contributed by atoms with Gasteiger partial charge in [0.25, 0.3) is 0 Å². The predicted molar refractivity (Wildman–Crippen MR) is 39.7 cm³/mol. The third-order valence-electron chi connectivity index (χ3n) is 1.53. The van der Waals surface area contributed by atoms with E-state index in [4.69, 9.17) is 0 Å². The van der Waals surface area contributed by atoms with Gasteiger partial charge in [0.15, 0.2) is 0 Å². The van der Waals surface area contributed by atoms with E-state index in [9.17, 15) is 4.79 Å². The fourth-order valence-electron chi connectivity index (χ4n) is 0.676. The first-order valence-electron chi connectivity index (χ1n) is 3.34. The van der Waals surface area contributed by atoms with E-state index < -0.39 is 9.76 Å². The number of hydrogen-bond donors (Lipinski definition) is 0. The van der Waals surface area contributed by atoms with E-state index in [0.717, 1.165) is 12.8 Å². The van der Waals surface area contributed by atoms with Crippen molar-refractivity contribution in [3.8, 4) is 0 Å². The SMILES string of the molecule is CCC(CC)[SiH2]O[C]=O. The summed E-state index contributed by atoms with van der Waals surface area (Å²) in [5.41, 5.74) is 0.659. The van der Waals surface area contributed by atoms with Gasteiger partial charge < -0.3 is 4.43 Å². The van der Waals surface area contributed by atoms with Crippen LogP contribution in [0.25, 0.3) is 0 Å². The second-order valence-electron chi connectivity index (χ2n) is 2.08. The molecule has 9 heavy (non-hydrogen) atoms. The smallest absolute Gasteiger partial charge is 0.402 e. The standard InChI is InChI=1S/C6H13O2Si/c1-3-6(4-2)9-8-5-7/h6H,3-4,9H2,1-2H3. The van der Waals surface area contributed by atoms with Crippen molar-refractivity contribution in [2.75, 3.05) is 0 Å². The number of carbonyl (C=O) groups excluding carboxylic acids is 1. The summed E-state index contributed by atoms with van der Waals surface area (Å²) in [5, 5.41) is 0. The van der Waals surface area contributed by atoms with Crippen molar-refractivity contribution in [2.24, 2.45) is 0 Å². The molecule has 0 aromatic heterocycles. The molecule has 0 unspecified atom stereocenters. The Kier molecular flexibility index (Phi) is 5.61. The van der Waals surface area contributed by atoms with Crippen molar-refractivity contribution in [1.29, 1.82) is 0 Å². The van der Waals surface area contributed by atoms with Crippen LogP contribution in [0.5, 0.6) is 0 Å². The van der Waals surface area contributed by atoms with Gasteiger partial charge in [-0.2, -0.15) is 0 Å². The molecule has 0 rings (SSSR count). The first-order valence-corrected chi connectivity index (χ1v) is 4.73. The third-order valence-corrected chi connectivity index (χ3v) is 3.44. The summed E-state index contributed by atoms with van der Waals surface area (Å²) in [7, 11) is -0.598. The minimum absolute atomic E-state index is 0.598. The van der Waals surface area contributed by atoms with Crippen LogP contribution in [-0.2, 0) is 9.22 Å². The molecule has 0 atom stereocenters. The molecule has 0 saturated carbocycles. The van der Waals surface area contributed by atoms with Gasteiger partial charge in [-0.1, -0.05) is 26.7 Å².